The minimum Gasteiger partial charge on any atom is -0.488 e. The van der Waals surface area contributed by atoms with Gasteiger partial charge in [-0.05, 0) is 57.0 Å². The van der Waals surface area contributed by atoms with E-state index in [1.54, 1.807) is 6.07 Å². The lowest BCUT2D eigenvalue weighted by Crippen LogP contribution is -2.32. The summed E-state index contributed by atoms with van der Waals surface area (Å²) in [4.78, 5) is 11.2. The normalized spacial score (nSPS) is 16.1. The minimum atomic E-state index is -0.329. The molecule has 23 heavy (non-hydrogen) atoms. The van der Waals surface area contributed by atoms with Crippen LogP contribution in [0, 0.1) is 0 Å². The average molecular weight is 310 g/mol. The van der Waals surface area contributed by atoms with Gasteiger partial charge in [0.05, 0.1) is 0 Å². The van der Waals surface area contributed by atoms with E-state index >= 15 is 0 Å². The number of hydrogen-bond acceptors (Lipinski definition) is 4. The molecule has 0 fully saturated rings. The Bertz CT molecular complexity index is 933. The first-order chi connectivity index (χ1) is 10.9. The molecule has 0 radical (unpaired) electrons. The van der Waals surface area contributed by atoms with E-state index < -0.39 is 0 Å². The Hall–Kier alpha value is -2.49. The first-order valence-corrected chi connectivity index (χ1v) is 7.78. The van der Waals surface area contributed by atoms with Crippen LogP contribution < -0.4 is 9.47 Å². The number of furan rings is 1. The van der Waals surface area contributed by atoms with E-state index in [1.807, 2.05) is 24.3 Å². The summed E-state index contributed by atoms with van der Waals surface area (Å²) in [5.41, 5.74) is 2.64. The quantitative estimate of drug-likeness (QED) is 0.486. The Morgan fingerprint density at radius 3 is 2.74 bits per heavy atom. The van der Waals surface area contributed by atoms with Crippen molar-refractivity contribution in [3.8, 4) is 11.5 Å². The van der Waals surface area contributed by atoms with Gasteiger partial charge in [0, 0.05) is 23.3 Å². The van der Waals surface area contributed by atoms with Crippen LogP contribution in [0.5, 0.6) is 11.5 Å². The van der Waals surface area contributed by atoms with Crippen molar-refractivity contribution in [2.75, 3.05) is 0 Å². The van der Waals surface area contributed by atoms with Gasteiger partial charge in [0.2, 0.25) is 0 Å². The number of benzene rings is 2. The molecule has 0 saturated carbocycles. The van der Waals surface area contributed by atoms with Crippen LogP contribution in [0.2, 0.25) is 0 Å². The lowest BCUT2D eigenvalue weighted by atomic mass is 9.91. The highest BCUT2D eigenvalue weighted by atomic mass is 16.5. The molecule has 1 aliphatic heterocycles. The lowest BCUT2D eigenvalue weighted by molar-refractivity contribution is -0.131. The van der Waals surface area contributed by atoms with Crippen molar-refractivity contribution in [1.82, 2.24) is 0 Å². The van der Waals surface area contributed by atoms with Crippen LogP contribution in [-0.2, 0) is 11.2 Å². The third-order valence-electron chi connectivity index (χ3n) is 4.30. The summed E-state index contributed by atoms with van der Waals surface area (Å²) in [5, 5.41) is 2.01. The standard InChI is InChI=1S/C19H18O4/c1-11(20)21-12-4-5-15-14(10-12)18-13-8-9-19(2,3)23-16(13)6-7-17(18)22-15/h4-7,10H,8-9H2,1-3H3. The van der Waals surface area contributed by atoms with Crippen molar-refractivity contribution in [3.63, 3.8) is 0 Å². The molecular formula is C19H18O4. The molecule has 0 aliphatic carbocycles. The zero-order chi connectivity index (χ0) is 16.2. The van der Waals surface area contributed by atoms with Gasteiger partial charge in [0.1, 0.15) is 28.3 Å². The largest absolute Gasteiger partial charge is 0.488 e. The van der Waals surface area contributed by atoms with Crippen molar-refractivity contribution in [2.45, 2.75) is 39.2 Å². The molecule has 0 saturated heterocycles. The molecule has 4 heteroatoms. The van der Waals surface area contributed by atoms with Gasteiger partial charge in [-0.2, -0.15) is 0 Å². The fraction of sp³-hybridized carbons (Fsp3) is 0.316. The maximum atomic E-state index is 11.2. The fourth-order valence-corrected chi connectivity index (χ4v) is 3.25. The molecule has 4 nitrogen and oxygen atoms in total. The fourth-order valence-electron chi connectivity index (χ4n) is 3.25. The molecule has 3 aromatic rings. The van der Waals surface area contributed by atoms with Crippen molar-refractivity contribution in [2.24, 2.45) is 0 Å². The molecule has 1 aliphatic rings. The maximum Gasteiger partial charge on any atom is 0.308 e. The minimum absolute atomic E-state index is 0.150. The Labute approximate surface area is 134 Å². The van der Waals surface area contributed by atoms with Crippen molar-refractivity contribution >= 4 is 27.9 Å². The lowest BCUT2D eigenvalue weighted by Gasteiger charge is -2.32. The number of hydrogen-bond donors (Lipinski definition) is 0. The van der Waals surface area contributed by atoms with Gasteiger partial charge in [0.15, 0.2) is 0 Å². The van der Waals surface area contributed by atoms with E-state index in [2.05, 4.69) is 13.8 Å². The van der Waals surface area contributed by atoms with Gasteiger partial charge in [-0.25, -0.2) is 0 Å². The van der Waals surface area contributed by atoms with Crippen molar-refractivity contribution in [1.29, 1.82) is 0 Å². The average Bonchev–Trinajstić information content (AvgIpc) is 2.83. The first kappa shape index (κ1) is 14.1. The summed E-state index contributed by atoms with van der Waals surface area (Å²) in [6, 6.07) is 9.38. The molecule has 2 aromatic carbocycles. The molecule has 0 spiro atoms. The smallest absolute Gasteiger partial charge is 0.308 e. The number of carbonyl (C=O) groups is 1. The Kier molecular flexibility index (Phi) is 2.92. The van der Waals surface area contributed by atoms with Crippen molar-refractivity contribution < 1.29 is 18.7 Å². The van der Waals surface area contributed by atoms with Crippen LogP contribution in [0.4, 0.5) is 0 Å². The third kappa shape index (κ3) is 2.34. The Balaban J connectivity index is 1.96. The SMILES string of the molecule is CC(=O)Oc1ccc2oc3ccc4c(c3c2c1)CCC(C)(C)O4. The number of fused-ring (bicyclic) bond motifs is 5. The van der Waals surface area contributed by atoms with E-state index in [4.69, 9.17) is 13.9 Å². The van der Waals surface area contributed by atoms with Crippen LogP contribution in [0.1, 0.15) is 32.8 Å². The highest BCUT2D eigenvalue weighted by Gasteiger charge is 2.29. The Morgan fingerprint density at radius 2 is 1.96 bits per heavy atom. The molecule has 118 valence electrons. The molecular weight excluding hydrogens is 292 g/mol. The van der Waals surface area contributed by atoms with Crippen LogP contribution in [0.25, 0.3) is 21.9 Å². The van der Waals surface area contributed by atoms with Gasteiger partial charge in [-0.1, -0.05) is 0 Å². The molecule has 4 rings (SSSR count). The number of esters is 1. The second-order valence-corrected chi connectivity index (χ2v) is 6.63. The van der Waals surface area contributed by atoms with Crippen LogP contribution in [0.15, 0.2) is 34.7 Å². The van der Waals surface area contributed by atoms with Gasteiger partial charge in [-0.15, -0.1) is 0 Å². The molecule has 1 aromatic heterocycles. The summed E-state index contributed by atoms with van der Waals surface area (Å²) in [7, 11) is 0. The zero-order valence-electron chi connectivity index (χ0n) is 13.4. The van der Waals surface area contributed by atoms with Gasteiger partial charge < -0.3 is 13.9 Å². The molecule has 0 atom stereocenters. The maximum absolute atomic E-state index is 11.2. The van der Waals surface area contributed by atoms with Gasteiger partial charge in [0.25, 0.3) is 0 Å². The number of aryl methyl sites for hydroxylation is 1. The summed E-state index contributed by atoms with van der Waals surface area (Å²) in [6.45, 7) is 5.61. The van der Waals surface area contributed by atoms with Crippen LogP contribution >= 0.6 is 0 Å². The van der Waals surface area contributed by atoms with E-state index in [1.165, 1.54) is 12.5 Å². The summed E-state index contributed by atoms with van der Waals surface area (Å²) in [5.74, 6) is 1.11. The van der Waals surface area contributed by atoms with Gasteiger partial charge in [-0.3, -0.25) is 4.79 Å². The van der Waals surface area contributed by atoms with E-state index in [9.17, 15) is 4.79 Å². The van der Waals surface area contributed by atoms with Crippen LogP contribution in [0.3, 0.4) is 0 Å². The van der Waals surface area contributed by atoms with Gasteiger partial charge >= 0.3 is 5.97 Å². The third-order valence-corrected chi connectivity index (χ3v) is 4.30. The Morgan fingerprint density at radius 1 is 1.17 bits per heavy atom. The predicted octanol–water partition coefficient (Wildman–Crippen LogP) is 4.61. The topological polar surface area (TPSA) is 48.7 Å². The molecule has 2 heterocycles. The highest BCUT2D eigenvalue weighted by Crippen LogP contribution is 2.42. The summed E-state index contributed by atoms with van der Waals surface area (Å²) >= 11 is 0. The first-order valence-electron chi connectivity index (χ1n) is 7.78. The molecule has 0 N–H and O–H groups in total. The molecule has 0 amide bonds. The summed E-state index contributed by atoms with van der Waals surface area (Å²) < 4.78 is 17.3. The second kappa shape index (κ2) is 4.75. The number of rotatable bonds is 1. The molecule has 0 bridgehead atoms. The van der Waals surface area contributed by atoms with E-state index in [-0.39, 0.29) is 11.6 Å². The number of carbonyl (C=O) groups excluding carboxylic acids is 1. The van der Waals surface area contributed by atoms with E-state index in [0.29, 0.717) is 5.75 Å². The summed E-state index contributed by atoms with van der Waals surface area (Å²) in [6.07, 6.45) is 1.89. The zero-order valence-corrected chi connectivity index (χ0v) is 13.4. The molecule has 0 unspecified atom stereocenters. The van der Waals surface area contributed by atoms with Crippen molar-refractivity contribution in [3.05, 3.63) is 35.9 Å². The highest BCUT2D eigenvalue weighted by molar-refractivity contribution is 6.08. The van der Waals surface area contributed by atoms with E-state index in [0.717, 1.165) is 40.5 Å². The predicted molar refractivity (Wildman–Crippen MR) is 88.1 cm³/mol. The van der Waals surface area contributed by atoms with Crippen LogP contribution in [-0.4, -0.2) is 11.6 Å². The monoisotopic (exact) mass is 310 g/mol. The number of ether oxygens (including phenoxy) is 2. The second-order valence-electron chi connectivity index (χ2n) is 6.63.